The first kappa shape index (κ1) is 22.3. The van der Waals surface area contributed by atoms with E-state index in [1.165, 1.54) is 38.5 Å². The van der Waals surface area contributed by atoms with E-state index in [1.807, 2.05) is 0 Å². The van der Waals surface area contributed by atoms with Gasteiger partial charge in [-0.1, -0.05) is 23.2 Å². The SMILES string of the molecule is COC(=O)c1cc(NC(=O)OCCOc2ccc(Cl)cc2Cl)cc(C(=O)OC)c1. The van der Waals surface area contributed by atoms with Crippen molar-refractivity contribution >= 4 is 46.9 Å². The molecule has 1 amide bonds. The van der Waals surface area contributed by atoms with E-state index >= 15 is 0 Å². The molecular weight excluding hydrogens is 425 g/mol. The van der Waals surface area contributed by atoms with Crippen molar-refractivity contribution in [2.24, 2.45) is 0 Å². The van der Waals surface area contributed by atoms with Crippen molar-refractivity contribution in [2.45, 2.75) is 0 Å². The summed E-state index contributed by atoms with van der Waals surface area (Å²) < 4.78 is 19.7. The zero-order valence-corrected chi connectivity index (χ0v) is 17.0. The topological polar surface area (TPSA) is 100 Å². The minimum absolute atomic E-state index is 0.0460. The summed E-state index contributed by atoms with van der Waals surface area (Å²) in [5.74, 6) is -0.964. The van der Waals surface area contributed by atoms with Crippen molar-refractivity contribution in [1.29, 1.82) is 0 Å². The number of carbonyl (C=O) groups excluding carboxylic acids is 3. The van der Waals surface area contributed by atoms with Crippen LogP contribution in [0.4, 0.5) is 10.5 Å². The highest BCUT2D eigenvalue weighted by Gasteiger charge is 2.15. The van der Waals surface area contributed by atoms with Crippen LogP contribution in [0.1, 0.15) is 20.7 Å². The van der Waals surface area contributed by atoms with Crippen molar-refractivity contribution in [1.82, 2.24) is 0 Å². The van der Waals surface area contributed by atoms with Gasteiger partial charge in [0.25, 0.3) is 0 Å². The lowest BCUT2D eigenvalue weighted by atomic mass is 10.1. The fourth-order valence-corrected chi connectivity index (χ4v) is 2.67. The number of ether oxygens (including phenoxy) is 4. The predicted octanol–water partition coefficient (Wildman–Crippen LogP) is 4.19. The Labute approximate surface area is 176 Å². The van der Waals surface area contributed by atoms with Gasteiger partial charge in [0.05, 0.1) is 30.4 Å². The van der Waals surface area contributed by atoms with Crippen molar-refractivity contribution < 1.29 is 33.3 Å². The molecule has 0 aliphatic rings. The molecule has 0 radical (unpaired) electrons. The molecule has 0 saturated heterocycles. The number of benzene rings is 2. The van der Waals surface area contributed by atoms with Crippen LogP contribution in [0.25, 0.3) is 0 Å². The molecule has 154 valence electrons. The second kappa shape index (κ2) is 10.5. The molecule has 2 aromatic carbocycles. The Bertz CT molecular complexity index is 883. The average molecular weight is 442 g/mol. The molecule has 0 aliphatic heterocycles. The summed E-state index contributed by atoms with van der Waals surface area (Å²) in [7, 11) is 2.39. The van der Waals surface area contributed by atoms with E-state index in [-0.39, 0.29) is 30.0 Å². The molecule has 0 saturated carbocycles. The third-order valence-corrected chi connectivity index (χ3v) is 4.02. The van der Waals surface area contributed by atoms with Crippen LogP contribution in [0.5, 0.6) is 5.75 Å². The van der Waals surface area contributed by atoms with Gasteiger partial charge in [0, 0.05) is 10.7 Å². The predicted molar refractivity (Wildman–Crippen MR) is 106 cm³/mol. The van der Waals surface area contributed by atoms with Crippen LogP contribution < -0.4 is 10.1 Å². The summed E-state index contributed by atoms with van der Waals surface area (Å²) in [4.78, 5) is 35.5. The molecule has 0 spiro atoms. The van der Waals surface area contributed by atoms with Gasteiger partial charge in [-0.2, -0.15) is 0 Å². The Kier molecular flexibility index (Phi) is 8.11. The maximum absolute atomic E-state index is 12.0. The lowest BCUT2D eigenvalue weighted by Crippen LogP contribution is -2.18. The maximum atomic E-state index is 12.0. The molecule has 0 bridgehead atoms. The minimum atomic E-state index is -0.811. The Hall–Kier alpha value is -2.97. The first-order chi connectivity index (χ1) is 13.8. The average Bonchev–Trinajstić information content (AvgIpc) is 2.70. The third-order valence-electron chi connectivity index (χ3n) is 3.49. The number of hydrogen-bond acceptors (Lipinski definition) is 7. The highest BCUT2D eigenvalue weighted by atomic mass is 35.5. The molecule has 1 N–H and O–H groups in total. The Morgan fingerprint density at radius 2 is 1.52 bits per heavy atom. The molecule has 0 unspecified atom stereocenters. The maximum Gasteiger partial charge on any atom is 0.411 e. The Morgan fingerprint density at radius 1 is 0.897 bits per heavy atom. The molecule has 0 aromatic heterocycles. The lowest BCUT2D eigenvalue weighted by Gasteiger charge is -2.11. The summed E-state index contributed by atoms with van der Waals surface area (Å²) in [6, 6.07) is 8.70. The van der Waals surface area contributed by atoms with Gasteiger partial charge in [-0.15, -0.1) is 0 Å². The smallest absolute Gasteiger partial charge is 0.411 e. The third kappa shape index (κ3) is 6.55. The summed E-state index contributed by atoms with van der Waals surface area (Å²) in [6.07, 6.45) is -0.811. The lowest BCUT2D eigenvalue weighted by molar-refractivity contribution is 0.0599. The Balaban J connectivity index is 1.95. The van der Waals surface area contributed by atoms with Crippen LogP contribution in [-0.2, 0) is 14.2 Å². The van der Waals surface area contributed by atoms with Crippen LogP contribution in [0.15, 0.2) is 36.4 Å². The van der Waals surface area contributed by atoms with Gasteiger partial charge in [0.15, 0.2) is 0 Å². The number of esters is 2. The second-order valence-corrected chi connectivity index (χ2v) is 6.31. The van der Waals surface area contributed by atoms with Gasteiger partial charge in [-0.05, 0) is 36.4 Å². The van der Waals surface area contributed by atoms with Gasteiger partial charge in [-0.3, -0.25) is 5.32 Å². The number of amides is 1. The van der Waals surface area contributed by atoms with E-state index < -0.39 is 18.0 Å². The van der Waals surface area contributed by atoms with Crippen LogP contribution in [0.2, 0.25) is 10.0 Å². The molecule has 0 atom stereocenters. The molecule has 0 fully saturated rings. The first-order valence-electron chi connectivity index (χ1n) is 8.17. The molecule has 2 rings (SSSR count). The second-order valence-electron chi connectivity index (χ2n) is 5.47. The summed E-state index contributed by atoms with van der Waals surface area (Å²) in [5, 5.41) is 3.22. The van der Waals surface area contributed by atoms with Gasteiger partial charge in [0.1, 0.15) is 19.0 Å². The molecular formula is C19H17Cl2NO7. The molecule has 2 aromatic rings. The highest BCUT2D eigenvalue weighted by Crippen LogP contribution is 2.27. The fraction of sp³-hybridized carbons (Fsp3) is 0.211. The Morgan fingerprint density at radius 3 is 2.07 bits per heavy atom. The van der Waals surface area contributed by atoms with Crippen molar-refractivity contribution in [3.63, 3.8) is 0 Å². The van der Waals surface area contributed by atoms with E-state index in [2.05, 4.69) is 14.8 Å². The van der Waals surface area contributed by atoms with Gasteiger partial charge in [0.2, 0.25) is 0 Å². The van der Waals surface area contributed by atoms with Crippen LogP contribution >= 0.6 is 23.2 Å². The fourth-order valence-electron chi connectivity index (χ4n) is 2.20. The monoisotopic (exact) mass is 441 g/mol. The van der Waals surface area contributed by atoms with Crippen molar-refractivity contribution in [3.05, 3.63) is 57.6 Å². The van der Waals surface area contributed by atoms with E-state index in [4.69, 9.17) is 32.7 Å². The minimum Gasteiger partial charge on any atom is -0.488 e. The van der Waals surface area contributed by atoms with Crippen molar-refractivity contribution in [2.75, 3.05) is 32.8 Å². The number of carbonyl (C=O) groups is 3. The summed E-state index contributed by atoms with van der Waals surface area (Å²) in [5.41, 5.74) is 0.276. The summed E-state index contributed by atoms with van der Waals surface area (Å²) >= 11 is 11.8. The zero-order valence-electron chi connectivity index (χ0n) is 15.5. The molecule has 29 heavy (non-hydrogen) atoms. The van der Waals surface area contributed by atoms with Crippen molar-refractivity contribution in [3.8, 4) is 5.75 Å². The van der Waals surface area contributed by atoms with E-state index in [0.29, 0.717) is 15.8 Å². The number of rotatable bonds is 7. The first-order valence-corrected chi connectivity index (χ1v) is 8.93. The molecule has 0 aliphatic carbocycles. The molecule has 0 heterocycles. The molecule has 8 nitrogen and oxygen atoms in total. The van der Waals surface area contributed by atoms with Gasteiger partial charge >= 0.3 is 18.0 Å². The van der Waals surface area contributed by atoms with E-state index in [1.54, 1.807) is 12.1 Å². The largest absolute Gasteiger partial charge is 0.488 e. The number of hydrogen-bond donors (Lipinski definition) is 1. The summed E-state index contributed by atoms with van der Waals surface area (Å²) in [6.45, 7) is -0.0320. The zero-order chi connectivity index (χ0) is 21.4. The molecule has 10 heteroatoms. The van der Waals surface area contributed by atoms with Gasteiger partial charge < -0.3 is 18.9 Å². The number of methoxy groups -OCH3 is 2. The normalized spacial score (nSPS) is 10.1. The van der Waals surface area contributed by atoms with Gasteiger partial charge in [-0.25, -0.2) is 14.4 Å². The quantitative estimate of drug-likeness (QED) is 0.390. The van der Waals surface area contributed by atoms with E-state index in [0.717, 1.165) is 0 Å². The number of anilines is 1. The number of nitrogens with one attached hydrogen (secondary N) is 1. The van der Waals surface area contributed by atoms with Crippen LogP contribution in [-0.4, -0.2) is 45.5 Å². The van der Waals surface area contributed by atoms with E-state index in [9.17, 15) is 14.4 Å². The van der Waals surface area contributed by atoms with Crippen LogP contribution in [0, 0.1) is 0 Å². The standard InChI is InChI=1S/C19H17Cl2NO7/c1-26-17(23)11-7-12(18(24)27-2)9-14(8-11)22-19(25)29-6-5-28-16-4-3-13(20)10-15(16)21/h3-4,7-10H,5-6H2,1-2H3,(H,22,25). The van der Waals surface area contributed by atoms with Crippen LogP contribution in [0.3, 0.4) is 0 Å². The number of halogens is 2. The highest BCUT2D eigenvalue weighted by molar-refractivity contribution is 6.35.